The van der Waals surface area contributed by atoms with Gasteiger partial charge in [-0.2, -0.15) is 0 Å². The van der Waals surface area contributed by atoms with Crippen molar-refractivity contribution in [3.05, 3.63) is 12.2 Å². The second-order valence-electron chi connectivity index (χ2n) is 6.86. The van der Waals surface area contributed by atoms with Gasteiger partial charge in [-0.25, -0.2) is 0 Å². The van der Waals surface area contributed by atoms with E-state index in [0.717, 1.165) is 19.3 Å². The van der Waals surface area contributed by atoms with Crippen molar-refractivity contribution in [3.63, 3.8) is 0 Å². The Morgan fingerprint density at radius 1 is 1.29 bits per heavy atom. The van der Waals surface area contributed by atoms with Crippen molar-refractivity contribution < 1.29 is 19.4 Å². The number of ether oxygens (including phenoxy) is 1. The Morgan fingerprint density at radius 3 is 2.57 bits per heavy atom. The Morgan fingerprint density at radius 2 is 1.95 bits per heavy atom. The highest BCUT2D eigenvalue weighted by atomic mass is 16.5. The quantitative estimate of drug-likeness (QED) is 0.802. The number of methoxy groups -OCH3 is 1. The fraction of sp³-hybridized carbons (Fsp3) is 0.750. The molecule has 3 unspecified atom stereocenters. The molecular formula is C16H23NO4. The third-order valence-corrected chi connectivity index (χ3v) is 5.49. The number of carboxylic acid groups (broad SMARTS) is 1. The minimum Gasteiger partial charge on any atom is -0.481 e. The first-order valence-corrected chi connectivity index (χ1v) is 7.70. The van der Waals surface area contributed by atoms with Gasteiger partial charge < -0.3 is 14.7 Å². The van der Waals surface area contributed by atoms with Crippen molar-refractivity contribution in [3.8, 4) is 0 Å². The van der Waals surface area contributed by atoms with E-state index in [2.05, 4.69) is 0 Å². The third kappa shape index (κ3) is 2.37. The van der Waals surface area contributed by atoms with Gasteiger partial charge in [0, 0.05) is 20.2 Å². The van der Waals surface area contributed by atoms with Gasteiger partial charge in [0.2, 0.25) is 5.91 Å². The molecule has 2 fully saturated rings. The van der Waals surface area contributed by atoms with Crippen molar-refractivity contribution in [2.75, 3.05) is 20.2 Å². The number of aliphatic carboxylic acids is 1. The molecule has 1 aliphatic heterocycles. The standard InChI is InChI=1S/C16H23NO4/c1-16(21-2)6-3-7-17(9-16)14(18)12-10-4-5-11(8-10)13(12)15(19)20/h4-5,10-13H,3,6-9H2,1-2H3,(H,19,20)/t10?,11?,12-,13+,16?/m0/s1. The Hall–Kier alpha value is -1.36. The van der Waals surface area contributed by atoms with E-state index >= 15 is 0 Å². The van der Waals surface area contributed by atoms with Crippen LogP contribution in [0.1, 0.15) is 26.2 Å². The summed E-state index contributed by atoms with van der Waals surface area (Å²) >= 11 is 0. The first-order valence-electron chi connectivity index (χ1n) is 7.70. The maximum atomic E-state index is 12.9. The van der Waals surface area contributed by atoms with Crippen LogP contribution in [0.15, 0.2) is 12.2 Å². The summed E-state index contributed by atoms with van der Waals surface area (Å²) in [6.45, 7) is 3.29. The van der Waals surface area contributed by atoms with Gasteiger partial charge in [-0.3, -0.25) is 9.59 Å². The molecule has 21 heavy (non-hydrogen) atoms. The lowest BCUT2D eigenvalue weighted by Gasteiger charge is -2.41. The molecule has 0 aromatic rings. The van der Waals surface area contributed by atoms with E-state index in [1.54, 1.807) is 7.11 Å². The molecule has 5 heteroatoms. The second-order valence-corrected chi connectivity index (χ2v) is 6.86. The zero-order valence-corrected chi connectivity index (χ0v) is 12.6. The van der Waals surface area contributed by atoms with Gasteiger partial charge in [0.1, 0.15) is 0 Å². The molecule has 5 nitrogen and oxygen atoms in total. The summed E-state index contributed by atoms with van der Waals surface area (Å²) in [6.07, 6.45) is 6.66. The molecule has 2 aliphatic carbocycles. The summed E-state index contributed by atoms with van der Waals surface area (Å²) in [4.78, 5) is 26.2. The molecule has 3 rings (SSSR count). The van der Waals surface area contributed by atoms with Gasteiger partial charge in [-0.1, -0.05) is 12.2 Å². The lowest BCUT2D eigenvalue weighted by Crippen LogP contribution is -2.53. The number of likely N-dealkylation sites (tertiary alicyclic amines) is 1. The number of piperidine rings is 1. The predicted molar refractivity (Wildman–Crippen MR) is 76.6 cm³/mol. The summed E-state index contributed by atoms with van der Waals surface area (Å²) in [5.41, 5.74) is -0.305. The number of nitrogens with zero attached hydrogens (tertiary/aromatic N) is 1. The molecule has 5 atom stereocenters. The Balaban J connectivity index is 1.78. The zero-order chi connectivity index (χ0) is 15.2. The molecule has 0 aromatic heterocycles. The van der Waals surface area contributed by atoms with Crippen LogP contribution in [-0.4, -0.2) is 47.7 Å². The maximum Gasteiger partial charge on any atom is 0.307 e. The van der Waals surface area contributed by atoms with E-state index in [-0.39, 0.29) is 23.3 Å². The molecule has 116 valence electrons. The van der Waals surface area contributed by atoms with E-state index in [9.17, 15) is 14.7 Å². The Labute approximate surface area is 124 Å². The van der Waals surface area contributed by atoms with Crippen LogP contribution in [0.3, 0.4) is 0 Å². The molecule has 0 aromatic carbocycles. The van der Waals surface area contributed by atoms with Crippen LogP contribution in [0.25, 0.3) is 0 Å². The number of allylic oxidation sites excluding steroid dienone is 2. The average molecular weight is 293 g/mol. The van der Waals surface area contributed by atoms with Crippen LogP contribution >= 0.6 is 0 Å². The summed E-state index contributed by atoms with van der Waals surface area (Å²) in [7, 11) is 1.67. The van der Waals surface area contributed by atoms with Crippen molar-refractivity contribution >= 4 is 11.9 Å². The van der Waals surface area contributed by atoms with E-state index in [4.69, 9.17) is 4.74 Å². The van der Waals surface area contributed by atoms with E-state index in [1.165, 1.54) is 0 Å². The molecule has 0 radical (unpaired) electrons. The predicted octanol–water partition coefficient (Wildman–Crippen LogP) is 1.54. The third-order valence-electron chi connectivity index (χ3n) is 5.49. The molecule has 2 bridgehead atoms. The maximum absolute atomic E-state index is 12.9. The van der Waals surface area contributed by atoms with Crippen molar-refractivity contribution in [1.82, 2.24) is 4.90 Å². The Bertz CT molecular complexity index is 489. The highest BCUT2D eigenvalue weighted by Gasteiger charge is 2.53. The summed E-state index contributed by atoms with van der Waals surface area (Å²) < 4.78 is 5.53. The monoisotopic (exact) mass is 293 g/mol. The van der Waals surface area contributed by atoms with Gasteiger partial charge >= 0.3 is 5.97 Å². The number of carboxylic acids is 1. The molecule has 0 spiro atoms. The minimum atomic E-state index is -0.836. The lowest BCUT2D eigenvalue weighted by atomic mass is 9.81. The first kappa shape index (κ1) is 14.6. The molecular weight excluding hydrogens is 270 g/mol. The number of hydrogen-bond acceptors (Lipinski definition) is 3. The summed E-state index contributed by atoms with van der Waals surface area (Å²) in [6, 6.07) is 0. The van der Waals surface area contributed by atoms with Gasteiger partial charge in [0.05, 0.1) is 17.4 Å². The molecule has 3 aliphatic rings. The number of rotatable bonds is 3. The van der Waals surface area contributed by atoms with E-state index in [1.807, 2.05) is 24.0 Å². The van der Waals surface area contributed by atoms with E-state index < -0.39 is 17.8 Å². The lowest BCUT2D eigenvalue weighted by molar-refractivity contribution is -0.154. The van der Waals surface area contributed by atoms with Crippen LogP contribution in [0.4, 0.5) is 0 Å². The zero-order valence-electron chi connectivity index (χ0n) is 12.6. The summed E-state index contributed by atoms with van der Waals surface area (Å²) in [5.74, 6) is -1.65. The van der Waals surface area contributed by atoms with Gasteiger partial charge in [-0.15, -0.1) is 0 Å². The van der Waals surface area contributed by atoms with Crippen LogP contribution in [0, 0.1) is 23.7 Å². The van der Waals surface area contributed by atoms with Gasteiger partial charge in [0.15, 0.2) is 0 Å². The number of fused-ring (bicyclic) bond motifs is 2. The molecule has 1 heterocycles. The van der Waals surface area contributed by atoms with Gasteiger partial charge in [0.25, 0.3) is 0 Å². The largest absolute Gasteiger partial charge is 0.481 e. The average Bonchev–Trinajstić information content (AvgIpc) is 3.07. The molecule has 1 N–H and O–H groups in total. The van der Waals surface area contributed by atoms with Crippen LogP contribution in [-0.2, 0) is 14.3 Å². The first-order chi connectivity index (χ1) is 9.95. The number of carbonyl (C=O) groups excluding carboxylic acids is 1. The van der Waals surface area contributed by atoms with Crippen molar-refractivity contribution in [2.45, 2.75) is 31.8 Å². The second kappa shape index (κ2) is 5.13. The molecule has 1 saturated heterocycles. The summed E-state index contributed by atoms with van der Waals surface area (Å²) in [5, 5.41) is 9.47. The van der Waals surface area contributed by atoms with E-state index in [0.29, 0.717) is 13.1 Å². The fourth-order valence-corrected chi connectivity index (χ4v) is 4.27. The van der Waals surface area contributed by atoms with Crippen LogP contribution in [0.2, 0.25) is 0 Å². The highest BCUT2D eigenvalue weighted by Crippen LogP contribution is 2.49. The molecule has 1 amide bonds. The number of amides is 1. The van der Waals surface area contributed by atoms with Crippen LogP contribution < -0.4 is 0 Å². The highest BCUT2D eigenvalue weighted by molar-refractivity contribution is 5.87. The van der Waals surface area contributed by atoms with Crippen molar-refractivity contribution in [2.24, 2.45) is 23.7 Å². The number of hydrogen-bond donors (Lipinski definition) is 1. The Kier molecular flexibility index (Phi) is 3.56. The van der Waals surface area contributed by atoms with Gasteiger partial charge in [-0.05, 0) is 38.0 Å². The smallest absolute Gasteiger partial charge is 0.307 e. The van der Waals surface area contributed by atoms with Crippen molar-refractivity contribution in [1.29, 1.82) is 0 Å². The van der Waals surface area contributed by atoms with Crippen LogP contribution in [0.5, 0.6) is 0 Å². The molecule has 1 saturated carbocycles. The SMILES string of the molecule is COC1(C)CCCN(C(=O)[C@H]2C3C=CC(C3)[C@H]2C(=O)O)C1. The fourth-order valence-electron chi connectivity index (χ4n) is 4.27. The topological polar surface area (TPSA) is 66.8 Å². The number of carbonyl (C=O) groups is 2. The minimum absolute atomic E-state index is 0.00206. The normalized spacial score (nSPS) is 41.5.